The molecule has 4 nitrogen and oxygen atoms in total. The molecule has 3 rings (SSSR count). The lowest BCUT2D eigenvalue weighted by atomic mass is 9.93. The minimum Gasteiger partial charge on any atom is -0.393 e. The number of nitrogens with zero attached hydrogens (tertiary/aromatic N) is 1. The molecule has 0 heterocycles. The van der Waals surface area contributed by atoms with Crippen molar-refractivity contribution in [1.29, 1.82) is 0 Å². The molecule has 0 unspecified atom stereocenters. The van der Waals surface area contributed by atoms with Crippen molar-refractivity contribution in [3.8, 4) is 0 Å². The topological polar surface area (TPSA) is 52.6 Å². The summed E-state index contributed by atoms with van der Waals surface area (Å²) in [4.78, 5) is 14.7. The third-order valence-electron chi connectivity index (χ3n) is 4.73. The Bertz CT molecular complexity index is 652. The monoisotopic (exact) mass is 338 g/mol. The van der Waals surface area contributed by atoms with Gasteiger partial charge < -0.3 is 15.3 Å². The van der Waals surface area contributed by atoms with Gasteiger partial charge in [-0.2, -0.15) is 0 Å². The van der Waals surface area contributed by atoms with Crippen LogP contribution < -0.4 is 10.2 Å². The van der Waals surface area contributed by atoms with Crippen LogP contribution in [0.25, 0.3) is 0 Å². The van der Waals surface area contributed by atoms with Gasteiger partial charge >= 0.3 is 0 Å². The molecule has 1 amide bonds. The van der Waals surface area contributed by atoms with Crippen LogP contribution in [0.15, 0.2) is 60.7 Å². The van der Waals surface area contributed by atoms with Crippen molar-refractivity contribution in [3.63, 3.8) is 0 Å². The van der Waals surface area contributed by atoms with Crippen molar-refractivity contribution in [1.82, 2.24) is 5.32 Å². The van der Waals surface area contributed by atoms with Gasteiger partial charge in [-0.3, -0.25) is 4.79 Å². The molecule has 0 aromatic heterocycles. The van der Waals surface area contributed by atoms with E-state index in [-0.39, 0.29) is 18.1 Å². The highest BCUT2D eigenvalue weighted by Gasteiger charge is 2.21. The Balaban J connectivity index is 1.64. The van der Waals surface area contributed by atoms with Crippen LogP contribution in [0.3, 0.4) is 0 Å². The first kappa shape index (κ1) is 17.5. The van der Waals surface area contributed by atoms with Crippen LogP contribution in [-0.2, 0) is 11.3 Å². The molecule has 1 saturated carbocycles. The second kappa shape index (κ2) is 8.67. The lowest BCUT2D eigenvalue weighted by molar-refractivity contribution is -0.120. The second-order valence-corrected chi connectivity index (χ2v) is 6.75. The highest BCUT2D eigenvalue weighted by molar-refractivity contribution is 5.81. The summed E-state index contributed by atoms with van der Waals surface area (Å²) in [5, 5.41) is 12.7. The number of benzene rings is 2. The standard InChI is InChI=1S/C21H26N2O2/c24-20-13-11-18(12-14-20)22-21(25)16-23(19-9-5-2-6-10-19)15-17-7-3-1-4-8-17/h1-10,18,20,24H,11-16H2,(H,22,25). The van der Waals surface area contributed by atoms with Crippen LogP contribution in [0, 0.1) is 0 Å². The summed E-state index contributed by atoms with van der Waals surface area (Å²) in [5.74, 6) is 0.0428. The molecule has 0 aliphatic heterocycles. The fraction of sp³-hybridized carbons (Fsp3) is 0.381. The highest BCUT2D eigenvalue weighted by Crippen LogP contribution is 2.19. The largest absolute Gasteiger partial charge is 0.393 e. The van der Waals surface area contributed by atoms with E-state index >= 15 is 0 Å². The van der Waals surface area contributed by atoms with Crippen molar-refractivity contribution in [2.45, 2.75) is 44.4 Å². The number of hydrogen-bond donors (Lipinski definition) is 2. The van der Waals surface area contributed by atoms with E-state index in [4.69, 9.17) is 0 Å². The number of aliphatic hydroxyl groups excluding tert-OH is 1. The Kier molecular flexibility index (Phi) is 6.07. The van der Waals surface area contributed by atoms with Gasteiger partial charge in [-0.05, 0) is 43.4 Å². The van der Waals surface area contributed by atoms with Gasteiger partial charge in [0, 0.05) is 18.3 Å². The number of amides is 1. The Labute approximate surface area is 149 Å². The maximum absolute atomic E-state index is 12.6. The molecule has 25 heavy (non-hydrogen) atoms. The van der Waals surface area contributed by atoms with E-state index in [1.165, 1.54) is 5.56 Å². The number of carbonyl (C=O) groups is 1. The lowest BCUT2D eigenvalue weighted by Crippen LogP contribution is -2.44. The lowest BCUT2D eigenvalue weighted by Gasteiger charge is -2.29. The third-order valence-corrected chi connectivity index (χ3v) is 4.73. The molecule has 0 spiro atoms. The zero-order valence-corrected chi connectivity index (χ0v) is 14.5. The quantitative estimate of drug-likeness (QED) is 0.851. The van der Waals surface area contributed by atoms with Crippen LogP contribution in [0.2, 0.25) is 0 Å². The van der Waals surface area contributed by atoms with Crippen molar-refractivity contribution < 1.29 is 9.90 Å². The van der Waals surface area contributed by atoms with Gasteiger partial charge in [0.15, 0.2) is 0 Å². The van der Waals surface area contributed by atoms with Crippen LogP contribution in [0.4, 0.5) is 5.69 Å². The van der Waals surface area contributed by atoms with Crippen molar-refractivity contribution >= 4 is 11.6 Å². The molecule has 4 heteroatoms. The predicted molar refractivity (Wildman–Crippen MR) is 100 cm³/mol. The van der Waals surface area contributed by atoms with Crippen molar-refractivity contribution in [3.05, 3.63) is 66.2 Å². The summed E-state index contributed by atoms with van der Waals surface area (Å²) in [6, 6.07) is 20.4. The third kappa shape index (κ3) is 5.33. The summed E-state index contributed by atoms with van der Waals surface area (Å²) in [5.41, 5.74) is 2.22. The maximum atomic E-state index is 12.6. The van der Waals surface area contributed by atoms with Gasteiger partial charge in [-0.15, -0.1) is 0 Å². The van der Waals surface area contributed by atoms with E-state index in [0.29, 0.717) is 13.1 Å². The summed E-state index contributed by atoms with van der Waals surface area (Å²) in [6.45, 7) is 1.03. The molecule has 0 saturated heterocycles. The van der Waals surface area contributed by atoms with Crippen LogP contribution >= 0.6 is 0 Å². The fourth-order valence-corrected chi connectivity index (χ4v) is 3.35. The zero-order chi connectivity index (χ0) is 17.5. The fourth-order valence-electron chi connectivity index (χ4n) is 3.35. The Morgan fingerprint density at radius 1 is 0.960 bits per heavy atom. The summed E-state index contributed by atoms with van der Waals surface area (Å²) in [6.07, 6.45) is 3.06. The summed E-state index contributed by atoms with van der Waals surface area (Å²) in [7, 11) is 0. The van der Waals surface area contributed by atoms with E-state index in [1.807, 2.05) is 48.5 Å². The van der Waals surface area contributed by atoms with Gasteiger partial charge in [0.1, 0.15) is 0 Å². The van der Waals surface area contributed by atoms with Gasteiger partial charge in [0.25, 0.3) is 0 Å². The van der Waals surface area contributed by atoms with Gasteiger partial charge in [-0.1, -0.05) is 48.5 Å². The van der Waals surface area contributed by atoms with Crippen LogP contribution in [0.5, 0.6) is 0 Å². The summed E-state index contributed by atoms with van der Waals surface area (Å²) < 4.78 is 0. The predicted octanol–water partition coefficient (Wildman–Crippen LogP) is 3.11. The Morgan fingerprint density at radius 2 is 1.56 bits per heavy atom. The number of carbonyl (C=O) groups excluding carboxylic acids is 1. The van der Waals surface area contributed by atoms with Gasteiger partial charge in [0.05, 0.1) is 12.6 Å². The molecule has 2 N–H and O–H groups in total. The van der Waals surface area contributed by atoms with E-state index in [2.05, 4.69) is 22.3 Å². The molecular weight excluding hydrogens is 312 g/mol. The molecule has 1 aliphatic rings. The first-order chi connectivity index (χ1) is 12.2. The minimum absolute atomic E-state index is 0.0428. The van der Waals surface area contributed by atoms with Gasteiger partial charge in [-0.25, -0.2) is 0 Å². The number of anilines is 1. The molecule has 1 aliphatic carbocycles. The molecule has 2 aromatic carbocycles. The van der Waals surface area contributed by atoms with Crippen molar-refractivity contribution in [2.75, 3.05) is 11.4 Å². The van der Waals surface area contributed by atoms with E-state index in [9.17, 15) is 9.90 Å². The summed E-state index contributed by atoms with van der Waals surface area (Å²) >= 11 is 0. The number of hydrogen-bond acceptors (Lipinski definition) is 3. The van der Waals surface area contributed by atoms with Crippen LogP contribution in [0.1, 0.15) is 31.2 Å². The number of rotatable bonds is 6. The molecule has 132 valence electrons. The van der Waals surface area contributed by atoms with Gasteiger partial charge in [0.2, 0.25) is 5.91 Å². The average Bonchev–Trinajstić information content (AvgIpc) is 2.65. The molecule has 2 aromatic rings. The normalized spacial score (nSPS) is 20.0. The van der Waals surface area contributed by atoms with E-state index in [1.54, 1.807) is 0 Å². The van der Waals surface area contributed by atoms with E-state index in [0.717, 1.165) is 31.4 Å². The Hall–Kier alpha value is -2.33. The first-order valence-corrected chi connectivity index (χ1v) is 9.02. The molecular formula is C21H26N2O2. The number of aliphatic hydroxyl groups is 1. The first-order valence-electron chi connectivity index (χ1n) is 9.02. The molecule has 0 radical (unpaired) electrons. The maximum Gasteiger partial charge on any atom is 0.239 e. The van der Waals surface area contributed by atoms with Crippen molar-refractivity contribution in [2.24, 2.45) is 0 Å². The average molecular weight is 338 g/mol. The molecule has 1 fully saturated rings. The number of nitrogens with one attached hydrogen (secondary N) is 1. The zero-order valence-electron chi connectivity index (χ0n) is 14.5. The highest BCUT2D eigenvalue weighted by atomic mass is 16.3. The smallest absolute Gasteiger partial charge is 0.239 e. The van der Waals surface area contributed by atoms with E-state index < -0.39 is 0 Å². The second-order valence-electron chi connectivity index (χ2n) is 6.75. The minimum atomic E-state index is -0.202. The molecule has 0 atom stereocenters. The molecule has 0 bridgehead atoms. The Morgan fingerprint density at radius 3 is 2.20 bits per heavy atom. The van der Waals surface area contributed by atoms with Crippen LogP contribution in [-0.4, -0.2) is 29.7 Å². The SMILES string of the molecule is O=C(CN(Cc1ccccc1)c1ccccc1)NC1CCC(O)CC1. The number of para-hydroxylation sites is 1.